The Hall–Kier alpha value is -1.41. The van der Waals surface area contributed by atoms with Gasteiger partial charge in [0.25, 0.3) is 0 Å². The molecular formula is C11H8ClNO. The number of hydrogen-bond acceptors (Lipinski definition) is 2. The number of rotatable bonds is 1. The number of ketones is 1. The Morgan fingerprint density at radius 3 is 2.57 bits per heavy atom. The van der Waals surface area contributed by atoms with Crippen molar-refractivity contribution in [2.45, 2.75) is 6.92 Å². The van der Waals surface area contributed by atoms with Gasteiger partial charge in [0, 0.05) is 23.9 Å². The zero-order chi connectivity index (χ0) is 10.1. The lowest BCUT2D eigenvalue weighted by Gasteiger charge is -2.03. The maximum Gasteiger partial charge on any atom is 0.178 e. The van der Waals surface area contributed by atoms with Crippen LogP contribution in [0.5, 0.6) is 0 Å². The highest BCUT2D eigenvalue weighted by Crippen LogP contribution is 2.24. The van der Waals surface area contributed by atoms with Gasteiger partial charge in [-0.25, -0.2) is 0 Å². The molecule has 0 spiro atoms. The monoisotopic (exact) mass is 205 g/mol. The molecule has 0 unspecified atom stereocenters. The summed E-state index contributed by atoms with van der Waals surface area (Å²) in [7, 11) is 0. The zero-order valence-electron chi connectivity index (χ0n) is 7.62. The molecule has 1 heterocycles. The molecule has 2 rings (SSSR count). The third kappa shape index (κ3) is 1.38. The van der Waals surface area contributed by atoms with E-state index in [0.29, 0.717) is 10.7 Å². The first kappa shape index (κ1) is 9.16. The van der Waals surface area contributed by atoms with Crippen LogP contribution in [0.2, 0.25) is 5.02 Å². The molecule has 0 aliphatic rings. The van der Waals surface area contributed by atoms with Crippen LogP contribution >= 0.6 is 11.6 Å². The number of nitrogens with zero attached hydrogens (tertiary/aromatic N) is 1. The lowest BCUT2D eigenvalue weighted by Crippen LogP contribution is -1.97. The molecule has 2 aromatic rings. The van der Waals surface area contributed by atoms with Crippen LogP contribution in [0.25, 0.3) is 10.8 Å². The highest BCUT2D eigenvalue weighted by Gasteiger charge is 2.08. The summed E-state index contributed by atoms with van der Waals surface area (Å²) in [5.74, 6) is -0.0436. The summed E-state index contributed by atoms with van der Waals surface area (Å²) in [5.41, 5.74) is 0.477. The van der Waals surface area contributed by atoms with Crippen molar-refractivity contribution in [2.24, 2.45) is 0 Å². The van der Waals surface area contributed by atoms with Crippen LogP contribution in [0.1, 0.15) is 17.4 Å². The van der Waals surface area contributed by atoms with Gasteiger partial charge in [-0.15, -0.1) is 0 Å². The molecule has 1 aromatic carbocycles. The van der Waals surface area contributed by atoms with Crippen LogP contribution in [0.15, 0.2) is 30.5 Å². The number of hydrogen-bond donors (Lipinski definition) is 0. The van der Waals surface area contributed by atoms with Crippen molar-refractivity contribution in [3.63, 3.8) is 0 Å². The molecule has 0 N–H and O–H groups in total. The number of aromatic nitrogens is 1. The van der Waals surface area contributed by atoms with Gasteiger partial charge in [-0.1, -0.05) is 35.9 Å². The van der Waals surface area contributed by atoms with Crippen molar-refractivity contribution < 1.29 is 4.79 Å². The second kappa shape index (κ2) is 3.39. The van der Waals surface area contributed by atoms with Gasteiger partial charge in [0.1, 0.15) is 5.69 Å². The van der Waals surface area contributed by atoms with Crippen LogP contribution in [0.4, 0.5) is 0 Å². The molecule has 70 valence electrons. The third-order valence-electron chi connectivity index (χ3n) is 2.08. The number of benzene rings is 1. The van der Waals surface area contributed by atoms with E-state index in [4.69, 9.17) is 11.6 Å². The van der Waals surface area contributed by atoms with Gasteiger partial charge in [0.2, 0.25) is 0 Å². The lowest BCUT2D eigenvalue weighted by molar-refractivity contribution is 0.101. The summed E-state index contributed by atoms with van der Waals surface area (Å²) in [6, 6.07) is 7.49. The summed E-state index contributed by atoms with van der Waals surface area (Å²) in [6.07, 6.45) is 1.51. The summed E-state index contributed by atoms with van der Waals surface area (Å²) in [6.45, 7) is 1.50. The smallest absolute Gasteiger partial charge is 0.178 e. The summed E-state index contributed by atoms with van der Waals surface area (Å²) >= 11 is 5.96. The molecule has 3 heteroatoms. The zero-order valence-corrected chi connectivity index (χ0v) is 8.38. The minimum Gasteiger partial charge on any atom is -0.293 e. The van der Waals surface area contributed by atoms with E-state index in [2.05, 4.69) is 4.98 Å². The van der Waals surface area contributed by atoms with Gasteiger partial charge in [0.15, 0.2) is 5.78 Å². The van der Waals surface area contributed by atoms with Crippen molar-refractivity contribution in [3.8, 4) is 0 Å². The van der Waals surface area contributed by atoms with Gasteiger partial charge < -0.3 is 0 Å². The maximum atomic E-state index is 11.3. The highest BCUT2D eigenvalue weighted by atomic mass is 35.5. The third-order valence-corrected chi connectivity index (χ3v) is 2.38. The standard InChI is InChI=1S/C11H8ClNO/c1-7(14)11-9-5-3-2-4-8(9)10(12)6-13-11/h2-6H,1H3. The van der Waals surface area contributed by atoms with Crippen molar-refractivity contribution in [1.82, 2.24) is 4.98 Å². The predicted molar refractivity (Wildman–Crippen MR) is 56.8 cm³/mol. The normalized spacial score (nSPS) is 10.4. The molecule has 0 bridgehead atoms. The first-order chi connectivity index (χ1) is 6.70. The topological polar surface area (TPSA) is 30.0 Å². The lowest BCUT2D eigenvalue weighted by atomic mass is 10.1. The minimum absolute atomic E-state index is 0.0436. The van der Waals surface area contributed by atoms with Crippen LogP contribution in [-0.4, -0.2) is 10.8 Å². The van der Waals surface area contributed by atoms with E-state index in [1.807, 2.05) is 24.3 Å². The Balaban J connectivity index is 2.88. The van der Waals surface area contributed by atoms with Crippen molar-refractivity contribution in [1.29, 1.82) is 0 Å². The average molecular weight is 206 g/mol. The summed E-state index contributed by atoms with van der Waals surface area (Å²) in [4.78, 5) is 15.3. The number of fused-ring (bicyclic) bond motifs is 1. The molecule has 0 aliphatic heterocycles. The van der Waals surface area contributed by atoms with E-state index in [1.54, 1.807) is 0 Å². The first-order valence-corrected chi connectivity index (χ1v) is 4.62. The Morgan fingerprint density at radius 2 is 1.93 bits per heavy atom. The number of carbonyl (C=O) groups excluding carboxylic acids is 1. The van der Waals surface area contributed by atoms with E-state index in [-0.39, 0.29) is 5.78 Å². The molecule has 0 amide bonds. The van der Waals surface area contributed by atoms with Gasteiger partial charge in [-0.2, -0.15) is 0 Å². The molecule has 0 saturated heterocycles. The summed E-state index contributed by atoms with van der Waals surface area (Å²) < 4.78 is 0. The number of halogens is 1. The SMILES string of the molecule is CC(=O)c1ncc(Cl)c2ccccc12. The fourth-order valence-electron chi connectivity index (χ4n) is 1.44. The molecule has 0 atom stereocenters. The Kier molecular flexibility index (Phi) is 2.22. The second-order valence-corrected chi connectivity index (χ2v) is 3.46. The average Bonchev–Trinajstić information content (AvgIpc) is 2.18. The maximum absolute atomic E-state index is 11.3. The molecule has 0 aliphatic carbocycles. The van der Waals surface area contributed by atoms with E-state index in [0.717, 1.165) is 10.8 Å². The predicted octanol–water partition coefficient (Wildman–Crippen LogP) is 3.09. The largest absolute Gasteiger partial charge is 0.293 e. The highest BCUT2D eigenvalue weighted by molar-refractivity contribution is 6.35. The number of Topliss-reactive ketones (excluding diaryl/α,β-unsaturated/α-hetero) is 1. The Morgan fingerprint density at radius 1 is 1.29 bits per heavy atom. The molecular weight excluding hydrogens is 198 g/mol. The van der Waals surface area contributed by atoms with Crippen molar-refractivity contribution in [3.05, 3.63) is 41.2 Å². The Labute approximate surface area is 86.5 Å². The van der Waals surface area contributed by atoms with E-state index >= 15 is 0 Å². The van der Waals surface area contributed by atoms with E-state index < -0.39 is 0 Å². The molecule has 0 radical (unpaired) electrons. The van der Waals surface area contributed by atoms with Crippen LogP contribution in [0.3, 0.4) is 0 Å². The van der Waals surface area contributed by atoms with Gasteiger partial charge >= 0.3 is 0 Å². The molecule has 0 saturated carbocycles. The van der Waals surface area contributed by atoms with Gasteiger partial charge in [-0.3, -0.25) is 9.78 Å². The second-order valence-electron chi connectivity index (χ2n) is 3.06. The molecule has 1 aromatic heterocycles. The van der Waals surface area contributed by atoms with Gasteiger partial charge in [0.05, 0.1) is 5.02 Å². The fourth-order valence-corrected chi connectivity index (χ4v) is 1.65. The van der Waals surface area contributed by atoms with Crippen LogP contribution in [0, 0.1) is 0 Å². The van der Waals surface area contributed by atoms with Crippen LogP contribution < -0.4 is 0 Å². The molecule has 14 heavy (non-hydrogen) atoms. The first-order valence-electron chi connectivity index (χ1n) is 4.24. The van der Waals surface area contributed by atoms with Crippen molar-refractivity contribution in [2.75, 3.05) is 0 Å². The van der Waals surface area contributed by atoms with Crippen molar-refractivity contribution >= 4 is 28.2 Å². The Bertz CT molecular complexity index is 508. The number of carbonyl (C=O) groups is 1. The minimum atomic E-state index is -0.0436. The molecule has 2 nitrogen and oxygen atoms in total. The fraction of sp³-hybridized carbons (Fsp3) is 0.0909. The van der Waals surface area contributed by atoms with E-state index in [1.165, 1.54) is 13.1 Å². The number of pyridine rings is 1. The molecule has 0 fully saturated rings. The van der Waals surface area contributed by atoms with E-state index in [9.17, 15) is 4.79 Å². The van der Waals surface area contributed by atoms with Gasteiger partial charge in [-0.05, 0) is 0 Å². The quantitative estimate of drug-likeness (QED) is 0.670. The van der Waals surface area contributed by atoms with Crippen LogP contribution in [-0.2, 0) is 0 Å². The summed E-state index contributed by atoms with van der Waals surface area (Å²) in [5, 5.41) is 2.26.